The number of hydrogen-bond acceptors (Lipinski definition) is 2. The highest BCUT2D eigenvalue weighted by molar-refractivity contribution is 5.95. The van der Waals surface area contributed by atoms with E-state index < -0.39 is 17.2 Å². The molecule has 90 valence electrons. The molecule has 1 amide bonds. The van der Waals surface area contributed by atoms with Crippen molar-refractivity contribution in [1.29, 1.82) is 0 Å². The predicted octanol–water partition coefficient (Wildman–Crippen LogP) is 2.43. The Morgan fingerprint density at radius 3 is 2.89 bits per heavy atom. The SMILES string of the molecule is Cc1c(F)ccc2c(=O)cc(C(=O)N=[N+]=[N-])[nH]c12. The van der Waals surface area contributed by atoms with E-state index >= 15 is 0 Å². The molecular weight excluding hydrogens is 239 g/mol. The Morgan fingerprint density at radius 1 is 1.50 bits per heavy atom. The standard InChI is InChI=1S/C11H7FN4O2/c1-5-7(12)3-2-6-9(17)4-8(14-10(5)6)11(18)15-16-13/h2-4H,1H3,(H,14,17). The Hall–Kier alpha value is -2.66. The van der Waals surface area contributed by atoms with Crippen LogP contribution in [0.25, 0.3) is 21.3 Å². The van der Waals surface area contributed by atoms with Gasteiger partial charge < -0.3 is 4.98 Å². The van der Waals surface area contributed by atoms with Gasteiger partial charge in [-0.3, -0.25) is 9.59 Å². The van der Waals surface area contributed by atoms with Crippen LogP contribution in [0, 0.1) is 12.7 Å². The van der Waals surface area contributed by atoms with Gasteiger partial charge in [-0.15, -0.1) is 0 Å². The first-order valence-corrected chi connectivity index (χ1v) is 4.96. The normalized spacial score (nSPS) is 10.1. The molecule has 0 saturated carbocycles. The quantitative estimate of drug-likeness (QED) is 0.474. The third-order valence-corrected chi connectivity index (χ3v) is 2.57. The van der Waals surface area contributed by atoms with Crippen LogP contribution in [-0.2, 0) is 0 Å². The Kier molecular flexibility index (Phi) is 2.83. The van der Waals surface area contributed by atoms with Crippen LogP contribution in [0.4, 0.5) is 4.39 Å². The fourth-order valence-corrected chi connectivity index (χ4v) is 1.64. The van der Waals surface area contributed by atoms with Gasteiger partial charge in [0.1, 0.15) is 5.82 Å². The average Bonchev–Trinajstić information content (AvgIpc) is 2.34. The number of rotatable bonds is 1. The van der Waals surface area contributed by atoms with Gasteiger partial charge in [0.2, 0.25) is 0 Å². The summed E-state index contributed by atoms with van der Waals surface area (Å²) in [5.74, 6) is -1.41. The van der Waals surface area contributed by atoms with Crippen LogP contribution < -0.4 is 5.43 Å². The van der Waals surface area contributed by atoms with E-state index in [1.165, 1.54) is 19.1 Å². The number of aromatic nitrogens is 1. The second-order valence-electron chi connectivity index (χ2n) is 3.64. The highest BCUT2D eigenvalue weighted by Crippen LogP contribution is 2.17. The number of azide groups is 1. The zero-order valence-corrected chi connectivity index (χ0v) is 9.27. The van der Waals surface area contributed by atoms with E-state index in [2.05, 4.69) is 15.0 Å². The number of amides is 1. The van der Waals surface area contributed by atoms with Gasteiger partial charge in [0.25, 0.3) is 5.91 Å². The predicted molar refractivity (Wildman–Crippen MR) is 62.7 cm³/mol. The lowest BCUT2D eigenvalue weighted by molar-refractivity contribution is 0.0996. The number of carbonyl (C=O) groups is 1. The van der Waals surface area contributed by atoms with Gasteiger partial charge in [0.05, 0.1) is 11.2 Å². The summed E-state index contributed by atoms with van der Waals surface area (Å²) in [4.78, 5) is 28.0. The van der Waals surface area contributed by atoms with Crippen LogP contribution in [-0.4, -0.2) is 10.9 Å². The molecule has 18 heavy (non-hydrogen) atoms. The number of H-pyrrole nitrogens is 1. The lowest BCUT2D eigenvalue weighted by Gasteiger charge is -2.04. The van der Waals surface area contributed by atoms with Gasteiger partial charge in [0, 0.05) is 21.9 Å². The van der Waals surface area contributed by atoms with E-state index in [1.54, 1.807) is 0 Å². The van der Waals surface area contributed by atoms with E-state index in [0.717, 1.165) is 6.07 Å². The first kappa shape index (κ1) is 11.8. The molecule has 0 fully saturated rings. The summed E-state index contributed by atoms with van der Waals surface area (Å²) in [5.41, 5.74) is 8.00. The maximum atomic E-state index is 13.4. The van der Waals surface area contributed by atoms with E-state index in [1.807, 2.05) is 0 Å². The number of fused-ring (bicyclic) bond motifs is 1. The molecule has 0 aliphatic carbocycles. The monoisotopic (exact) mass is 246 g/mol. The number of nitrogens with zero attached hydrogens (tertiary/aromatic N) is 3. The lowest BCUT2D eigenvalue weighted by atomic mass is 10.1. The summed E-state index contributed by atoms with van der Waals surface area (Å²) in [6.45, 7) is 1.48. The zero-order valence-electron chi connectivity index (χ0n) is 9.27. The number of aryl methyl sites for hydroxylation is 1. The number of halogens is 1. The van der Waals surface area contributed by atoms with Gasteiger partial charge in [-0.2, -0.15) is 0 Å². The van der Waals surface area contributed by atoms with Gasteiger partial charge in [-0.1, -0.05) is 0 Å². The van der Waals surface area contributed by atoms with Gasteiger partial charge in [-0.25, -0.2) is 4.39 Å². The first-order valence-electron chi connectivity index (χ1n) is 4.96. The lowest BCUT2D eigenvalue weighted by Crippen LogP contribution is -2.09. The molecule has 7 heteroatoms. The molecule has 6 nitrogen and oxygen atoms in total. The topological polar surface area (TPSA) is 98.7 Å². The van der Waals surface area contributed by atoms with Crippen LogP contribution in [0.15, 0.2) is 28.1 Å². The van der Waals surface area contributed by atoms with E-state index in [9.17, 15) is 14.0 Å². The van der Waals surface area contributed by atoms with Crippen molar-refractivity contribution in [1.82, 2.24) is 4.98 Å². The highest BCUT2D eigenvalue weighted by atomic mass is 19.1. The van der Waals surface area contributed by atoms with Crippen LogP contribution in [0.5, 0.6) is 0 Å². The minimum atomic E-state index is -0.917. The first-order chi connectivity index (χ1) is 8.54. The summed E-state index contributed by atoms with van der Waals surface area (Å²) >= 11 is 0. The molecule has 0 saturated heterocycles. The molecule has 1 heterocycles. The molecule has 0 radical (unpaired) electrons. The maximum Gasteiger partial charge on any atom is 0.265 e. The molecule has 0 atom stereocenters. The molecule has 1 aromatic carbocycles. The number of nitrogens with one attached hydrogen (secondary N) is 1. The highest BCUT2D eigenvalue weighted by Gasteiger charge is 2.11. The van der Waals surface area contributed by atoms with E-state index in [-0.39, 0.29) is 22.2 Å². The number of benzene rings is 1. The molecule has 1 aromatic heterocycles. The molecule has 1 N–H and O–H groups in total. The second-order valence-corrected chi connectivity index (χ2v) is 3.64. The van der Waals surface area contributed by atoms with Crippen molar-refractivity contribution in [2.24, 2.45) is 5.11 Å². The van der Waals surface area contributed by atoms with Crippen molar-refractivity contribution in [3.8, 4) is 0 Å². The second kappa shape index (κ2) is 4.31. The van der Waals surface area contributed by atoms with Crippen molar-refractivity contribution >= 4 is 16.8 Å². The molecule has 2 aromatic rings. The summed E-state index contributed by atoms with van der Waals surface area (Å²) in [6, 6.07) is 3.54. The number of hydrogen-bond donors (Lipinski definition) is 1. The van der Waals surface area contributed by atoms with Crippen molar-refractivity contribution in [3.05, 3.63) is 55.9 Å². The van der Waals surface area contributed by atoms with E-state index in [0.29, 0.717) is 0 Å². The molecule has 0 bridgehead atoms. The number of pyridine rings is 1. The summed E-state index contributed by atoms with van der Waals surface area (Å²) in [5, 5.41) is 3.14. The third kappa shape index (κ3) is 1.83. The van der Waals surface area contributed by atoms with Crippen molar-refractivity contribution < 1.29 is 9.18 Å². The smallest absolute Gasteiger partial charge is 0.265 e. The summed E-state index contributed by atoms with van der Waals surface area (Å²) < 4.78 is 13.4. The van der Waals surface area contributed by atoms with Crippen LogP contribution in [0.3, 0.4) is 0 Å². The average molecular weight is 246 g/mol. The molecule has 0 aliphatic rings. The zero-order chi connectivity index (χ0) is 13.3. The third-order valence-electron chi connectivity index (χ3n) is 2.57. The van der Waals surface area contributed by atoms with Gasteiger partial charge in [0.15, 0.2) is 5.43 Å². The maximum absolute atomic E-state index is 13.4. The molecule has 2 rings (SSSR count). The minimum absolute atomic E-state index is 0.168. The van der Waals surface area contributed by atoms with Crippen molar-refractivity contribution in [3.63, 3.8) is 0 Å². The Bertz CT molecular complexity index is 759. The van der Waals surface area contributed by atoms with Gasteiger partial charge >= 0.3 is 0 Å². The van der Waals surface area contributed by atoms with Crippen LogP contribution >= 0.6 is 0 Å². The fraction of sp³-hybridized carbons (Fsp3) is 0.0909. The molecule has 0 spiro atoms. The van der Waals surface area contributed by atoms with Crippen molar-refractivity contribution in [2.75, 3.05) is 0 Å². The number of carbonyl (C=O) groups excluding carboxylic acids is 1. The fourth-order valence-electron chi connectivity index (χ4n) is 1.64. The Labute approximate surface area is 99.7 Å². The minimum Gasteiger partial charge on any atom is -0.351 e. The Balaban J connectivity index is 2.83. The van der Waals surface area contributed by atoms with E-state index in [4.69, 9.17) is 5.53 Å². The van der Waals surface area contributed by atoms with Crippen molar-refractivity contribution in [2.45, 2.75) is 6.92 Å². The van der Waals surface area contributed by atoms with Crippen LogP contribution in [0.2, 0.25) is 0 Å². The Morgan fingerprint density at radius 2 is 2.22 bits per heavy atom. The summed E-state index contributed by atoms with van der Waals surface area (Å²) in [6.07, 6.45) is 0. The van der Waals surface area contributed by atoms with Gasteiger partial charge in [-0.05, 0) is 29.7 Å². The molecular formula is C11H7FN4O2. The summed E-state index contributed by atoms with van der Waals surface area (Å²) in [7, 11) is 0. The number of aromatic amines is 1. The molecule has 0 unspecified atom stereocenters. The molecule has 0 aliphatic heterocycles. The van der Waals surface area contributed by atoms with Crippen LogP contribution in [0.1, 0.15) is 16.1 Å². The largest absolute Gasteiger partial charge is 0.351 e.